The Kier molecular flexibility index (Phi) is 11.4. The maximum Gasteiger partial charge on any atom is 0.272 e. The lowest BCUT2D eigenvalue weighted by molar-refractivity contribution is -0.115. The number of thiazole rings is 1. The number of aromatic nitrogens is 1. The summed E-state index contributed by atoms with van der Waals surface area (Å²) >= 11 is 2.75. The number of thioether (sulfide) groups is 1. The predicted octanol–water partition coefficient (Wildman–Crippen LogP) is 9.01. The van der Waals surface area contributed by atoms with Crippen molar-refractivity contribution in [2.75, 3.05) is 17.7 Å². The first-order chi connectivity index (χ1) is 24.8. The number of rotatable bonds is 12. The van der Waals surface area contributed by atoms with Crippen molar-refractivity contribution in [2.45, 2.75) is 17.1 Å². The molecule has 5 aromatic carbocycles. The molecule has 1 heterocycles. The number of carbonyl (C=O) groups excluding carboxylic acids is 3. The van der Waals surface area contributed by atoms with Gasteiger partial charge in [-0.2, -0.15) is 0 Å². The van der Waals surface area contributed by atoms with Gasteiger partial charge in [0.15, 0.2) is 5.13 Å². The molecule has 0 fully saturated rings. The number of methoxy groups -OCH3 is 1. The zero-order valence-electron chi connectivity index (χ0n) is 27.8. The highest BCUT2D eigenvalue weighted by Crippen LogP contribution is 2.30. The summed E-state index contributed by atoms with van der Waals surface area (Å²) in [5.41, 5.74) is 5.59. The van der Waals surface area contributed by atoms with Crippen LogP contribution in [0.15, 0.2) is 149 Å². The van der Waals surface area contributed by atoms with Gasteiger partial charge in [0.25, 0.3) is 11.8 Å². The molecule has 51 heavy (non-hydrogen) atoms. The standard InChI is InChI=1S/C41H34N4O4S2/c1-27(38(46)45-41-44-37(26-50-41)32-14-9-15-34(25-32)49-2)51-35-22-20-33(21-23-35)42-40(48)36(43-39(47)31-12-7-4-8-13-31)24-28-16-18-30(19-17-28)29-10-5-3-6-11-29/h3-27H,1-2H3,(H,42,48)(H,43,47)(H,44,45,46)/b36-24-. The van der Waals surface area contributed by atoms with E-state index in [1.807, 2.05) is 109 Å². The molecule has 6 rings (SSSR count). The second-order valence-corrected chi connectivity index (χ2v) is 13.6. The normalized spacial score (nSPS) is 11.7. The van der Waals surface area contributed by atoms with Crippen molar-refractivity contribution >= 4 is 57.7 Å². The van der Waals surface area contributed by atoms with Crippen LogP contribution in [0.4, 0.5) is 10.8 Å². The summed E-state index contributed by atoms with van der Waals surface area (Å²) in [7, 11) is 1.62. The molecular formula is C41H34N4O4S2. The van der Waals surface area contributed by atoms with Crippen molar-refractivity contribution in [3.05, 3.63) is 156 Å². The Labute approximate surface area is 304 Å². The zero-order valence-corrected chi connectivity index (χ0v) is 29.5. The Morgan fingerprint density at radius 1 is 0.765 bits per heavy atom. The van der Waals surface area contributed by atoms with Crippen LogP contribution in [0.2, 0.25) is 0 Å². The van der Waals surface area contributed by atoms with Crippen LogP contribution in [0, 0.1) is 0 Å². The van der Waals surface area contributed by atoms with E-state index in [4.69, 9.17) is 4.74 Å². The maximum atomic E-state index is 13.6. The van der Waals surface area contributed by atoms with Gasteiger partial charge in [0, 0.05) is 27.1 Å². The van der Waals surface area contributed by atoms with E-state index in [0.29, 0.717) is 16.4 Å². The van der Waals surface area contributed by atoms with Gasteiger partial charge < -0.3 is 20.7 Å². The fraction of sp³-hybridized carbons (Fsp3) is 0.0732. The van der Waals surface area contributed by atoms with E-state index in [2.05, 4.69) is 20.9 Å². The summed E-state index contributed by atoms with van der Waals surface area (Å²) in [6, 6.07) is 41.3. The predicted molar refractivity (Wildman–Crippen MR) is 207 cm³/mol. The first kappa shape index (κ1) is 34.9. The molecule has 0 aliphatic carbocycles. The van der Waals surface area contributed by atoms with Crippen LogP contribution in [0.1, 0.15) is 22.8 Å². The largest absolute Gasteiger partial charge is 0.497 e. The van der Waals surface area contributed by atoms with Crippen molar-refractivity contribution < 1.29 is 19.1 Å². The molecule has 3 amide bonds. The van der Waals surface area contributed by atoms with Crippen LogP contribution >= 0.6 is 23.1 Å². The highest BCUT2D eigenvalue weighted by molar-refractivity contribution is 8.00. The minimum atomic E-state index is -0.476. The van der Waals surface area contributed by atoms with Crippen LogP contribution in [0.5, 0.6) is 5.75 Å². The molecule has 0 spiro atoms. The molecule has 0 saturated heterocycles. The van der Waals surface area contributed by atoms with Crippen LogP contribution in [-0.4, -0.2) is 35.1 Å². The molecule has 1 aromatic heterocycles. The summed E-state index contributed by atoms with van der Waals surface area (Å²) in [6.07, 6.45) is 1.65. The van der Waals surface area contributed by atoms with Crippen molar-refractivity contribution in [3.8, 4) is 28.1 Å². The first-order valence-electron chi connectivity index (χ1n) is 16.1. The van der Waals surface area contributed by atoms with E-state index in [-0.39, 0.29) is 11.6 Å². The van der Waals surface area contributed by atoms with Crippen LogP contribution < -0.4 is 20.7 Å². The molecule has 0 bridgehead atoms. The van der Waals surface area contributed by atoms with Crippen molar-refractivity contribution in [3.63, 3.8) is 0 Å². The molecule has 8 nitrogen and oxygen atoms in total. The lowest BCUT2D eigenvalue weighted by Gasteiger charge is -2.13. The number of hydrogen-bond acceptors (Lipinski definition) is 7. The molecule has 6 aromatic rings. The molecule has 0 radical (unpaired) electrons. The number of nitrogens with zero attached hydrogens (tertiary/aromatic N) is 1. The summed E-state index contributed by atoms with van der Waals surface area (Å²) in [5.74, 6) is -0.314. The third-order valence-electron chi connectivity index (χ3n) is 7.75. The average molecular weight is 711 g/mol. The minimum absolute atomic E-state index is 0.0943. The summed E-state index contributed by atoms with van der Waals surface area (Å²) in [6.45, 7) is 1.82. The molecule has 254 valence electrons. The van der Waals surface area contributed by atoms with Gasteiger partial charge in [0.05, 0.1) is 18.1 Å². The van der Waals surface area contributed by atoms with E-state index in [1.165, 1.54) is 23.1 Å². The van der Waals surface area contributed by atoms with Gasteiger partial charge in [0.1, 0.15) is 11.4 Å². The number of ether oxygens (including phenoxy) is 1. The number of benzene rings is 5. The van der Waals surface area contributed by atoms with Crippen molar-refractivity contribution in [2.24, 2.45) is 0 Å². The Balaban J connectivity index is 1.10. The topological polar surface area (TPSA) is 109 Å². The van der Waals surface area contributed by atoms with Crippen molar-refractivity contribution in [1.82, 2.24) is 10.3 Å². The molecule has 3 N–H and O–H groups in total. The molecule has 0 aliphatic heterocycles. The maximum absolute atomic E-state index is 13.6. The SMILES string of the molecule is COc1cccc(-c2csc(NC(=O)C(C)Sc3ccc(NC(=O)/C(=C/c4ccc(-c5ccccc5)cc4)NC(=O)c4ccccc4)cc3)n2)c1. The van der Waals surface area contributed by atoms with E-state index < -0.39 is 17.1 Å². The van der Waals surface area contributed by atoms with Gasteiger partial charge >= 0.3 is 0 Å². The molecule has 1 unspecified atom stereocenters. The van der Waals surface area contributed by atoms with E-state index in [0.717, 1.165) is 38.6 Å². The Morgan fingerprint density at radius 3 is 2.14 bits per heavy atom. The molecule has 10 heteroatoms. The molecule has 1 atom stereocenters. The third-order valence-corrected chi connectivity index (χ3v) is 9.62. The summed E-state index contributed by atoms with van der Waals surface area (Å²) in [5, 5.41) is 10.6. The average Bonchev–Trinajstić information content (AvgIpc) is 3.64. The van der Waals surface area contributed by atoms with Crippen molar-refractivity contribution in [1.29, 1.82) is 0 Å². The molecular weight excluding hydrogens is 677 g/mol. The van der Waals surface area contributed by atoms with Gasteiger partial charge in [-0.1, -0.05) is 84.9 Å². The number of anilines is 2. The summed E-state index contributed by atoms with van der Waals surface area (Å²) in [4.78, 5) is 45.0. The fourth-order valence-electron chi connectivity index (χ4n) is 5.04. The van der Waals surface area contributed by atoms with E-state index >= 15 is 0 Å². The van der Waals surface area contributed by atoms with Gasteiger partial charge in [0.2, 0.25) is 5.91 Å². The number of carbonyl (C=O) groups is 3. The van der Waals surface area contributed by atoms with Crippen LogP contribution in [-0.2, 0) is 9.59 Å². The van der Waals surface area contributed by atoms with Gasteiger partial charge in [-0.3, -0.25) is 14.4 Å². The lowest BCUT2D eigenvalue weighted by atomic mass is 10.0. The fourth-order valence-corrected chi connectivity index (χ4v) is 6.63. The van der Waals surface area contributed by atoms with Gasteiger partial charge in [-0.05, 0) is 78.2 Å². The van der Waals surface area contributed by atoms with E-state index in [1.54, 1.807) is 49.6 Å². The number of nitrogens with one attached hydrogen (secondary N) is 3. The highest BCUT2D eigenvalue weighted by Gasteiger charge is 2.18. The van der Waals surface area contributed by atoms with E-state index in [9.17, 15) is 14.4 Å². The molecule has 0 aliphatic rings. The quantitative estimate of drug-likeness (QED) is 0.0864. The monoisotopic (exact) mass is 710 g/mol. The third kappa shape index (κ3) is 9.39. The minimum Gasteiger partial charge on any atom is -0.497 e. The smallest absolute Gasteiger partial charge is 0.272 e. The second kappa shape index (κ2) is 16.6. The Hall–Kier alpha value is -5.97. The van der Waals surface area contributed by atoms with Crippen LogP contribution in [0.25, 0.3) is 28.5 Å². The Morgan fingerprint density at radius 2 is 1.43 bits per heavy atom. The first-order valence-corrected chi connectivity index (χ1v) is 17.8. The lowest BCUT2D eigenvalue weighted by Crippen LogP contribution is -2.30. The van der Waals surface area contributed by atoms with Gasteiger partial charge in [-0.15, -0.1) is 23.1 Å². The zero-order chi connectivity index (χ0) is 35.6. The second-order valence-electron chi connectivity index (χ2n) is 11.4. The molecule has 0 saturated carbocycles. The van der Waals surface area contributed by atoms with Crippen LogP contribution in [0.3, 0.4) is 0 Å². The number of amides is 3. The highest BCUT2D eigenvalue weighted by atomic mass is 32.2. The summed E-state index contributed by atoms with van der Waals surface area (Å²) < 4.78 is 5.30. The number of hydrogen-bond donors (Lipinski definition) is 3. The Bertz CT molecular complexity index is 2150. The van der Waals surface area contributed by atoms with Gasteiger partial charge in [-0.25, -0.2) is 4.98 Å².